The third-order valence-electron chi connectivity index (χ3n) is 3.48. The Hall–Kier alpha value is -2.51. The van der Waals surface area contributed by atoms with Gasteiger partial charge in [0, 0.05) is 29.0 Å². The fourth-order valence-corrected chi connectivity index (χ4v) is 4.00. The molecule has 1 aromatic carbocycles. The van der Waals surface area contributed by atoms with Crippen LogP contribution in [0.15, 0.2) is 59.9 Å². The van der Waals surface area contributed by atoms with E-state index in [1.165, 1.54) is 0 Å². The summed E-state index contributed by atoms with van der Waals surface area (Å²) in [6, 6.07) is 10.8. The van der Waals surface area contributed by atoms with Gasteiger partial charge in [-0.25, -0.2) is 9.19 Å². The lowest BCUT2D eigenvalue weighted by atomic mass is 10.2. The number of ether oxygens (including phenoxy) is 1. The molecule has 24 heavy (non-hydrogen) atoms. The van der Waals surface area contributed by atoms with Crippen LogP contribution in [0.1, 0.15) is 5.56 Å². The summed E-state index contributed by atoms with van der Waals surface area (Å²) in [6.07, 6.45) is 4.79. The maximum atomic E-state index is 12.7. The number of nitrogens with zero attached hydrogens (tertiary/aromatic N) is 4. The first kappa shape index (κ1) is 15.0. The monoisotopic (exact) mass is 358 g/mol. The minimum absolute atomic E-state index is 0.166. The van der Waals surface area contributed by atoms with Gasteiger partial charge in [-0.15, -0.1) is 0 Å². The van der Waals surface area contributed by atoms with Gasteiger partial charge < -0.3 is 4.74 Å². The Labute approximate surface area is 145 Å². The Morgan fingerprint density at radius 1 is 1.17 bits per heavy atom. The number of anilines is 1. The zero-order chi connectivity index (χ0) is 16.5. The second-order valence-corrected chi connectivity index (χ2v) is 6.78. The van der Waals surface area contributed by atoms with Crippen molar-refractivity contribution in [1.82, 2.24) is 15.0 Å². The van der Waals surface area contributed by atoms with Crippen LogP contribution in [-0.4, -0.2) is 19.2 Å². The quantitative estimate of drug-likeness (QED) is 0.718. The number of hydrogen-bond acceptors (Lipinski definition) is 5. The molecule has 0 fully saturated rings. The van der Waals surface area contributed by atoms with Gasteiger partial charge in [-0.2, -0.15) is 4.98 Å². The van der Waals surface area contributed by atoms with E-state index in [4.69, 9.17) is 16.3 Å². The summed E-state index contributed by atoms with van der Waals surface area (Å²) in [6.45, 7) is 0.422. The summed E-state index contributed by atoms with van der Waals surface area (Å²) in [4.78, 5) is 13.1. The lowest BCUT2D eigenvalue weighted by Crippen LogP contribution is -2.19. The van der Waals surface area contributed by atoms with Crippen LogP contribution in [0.3, 0.4) is 0 Å². The minimum atomic E-state index is -1.36. The van der Waals surface area contributed by atoms with Gasteiger partial charge in [0.2, 0.25) is 0 Å². The van der Waals surface area contributed by atoms with Crippen LogP contribution in [-0.2, 0) is 17.5 Å². The fourth-order valence-electron chi connectivity index (χ4n) is 2.38. The highest BCUT2D eigenvalue weighted by molar-refractivity contribution is 7.86. The number of aromatic nitrogens is 3. The molecule has 0 bridgehead atoms. The Bertz CT molecular complexity index is 923. The second kappa shape index (κ2) is 6.18. The molecule has 4 rings (SSSR count). The molecule has 3 aromatic rings. The van der Waals surface area contributed by atoms with Crippen LogP contribution in [0.4, 0.5) is 5.82 Å². The van der Waals surface area contributed by atoms with Crippen LogP contribution in [0.2, 0.25) is 5.02 Å². The van der Waals surface area contributed by atoms with Crippen molar-refractivity contribution in [3.8, 4) is 11.8 Å². The number of hydrogen-bond donors (Lipinski definition) is 0. The molecule has 120 valence electrons. The second-order valence-electron chi connectivity index (χ2n) is 4.99. The van der Waals surface area contributed by atoms with E-state index in [9.17, 15) is 4.21 Å². The summed E-state index contributed by atoms with van der Waals surface area (Å²) in [5.41, 5.74) is 0.853. The molecule has 0 saturated carbocycles. The van der Waals surface area contributed by atoms with Crippen LogP contribution in [0.25, 0.3) is 0 Å². The topological polar surface area (TPSA) is 68.2 Å². The molecule has 0 spiro atoms. The van der Waals surface area contributed by atoms with E-state index in [2.05, 4.69) is 15.0 Å². The van der Waals surface area contributed by atoms with E-state index in [0.717, 1.165) is 5.56 Å². The van der Waals surface area contributed by atoms with Crippen molar-refractivity contribution in [2.75, 3.05) is 4.31 Å². The molecule has 1 aliphatic rings. The lowest BCUT2D eigenvalue weighted by molar-refractivity contribution is 0.440. The average Bonchev–Trinajstić information content (AvgIpc) is 2.95. The van der Waals surface area contributed by atoms with E-state index in [1.807, 2.05) is 6.07 Å². The first-order valence-corrected chi connectivity index (χ1v) is 8.58. The molecule has 0 aliphatic carbocycles. The van der Waals surface area contributed by atoms with Gasteiger partial charge in [0.25, 0.3) is 0 Å². The summed E-state index contributed by atoms with van der Waals surface area (Å²) < 4.78 is 19.9. The van der Waals surface area contributed by atoms with Gasteiger partial charge in [0.05, 0.1) is 17.6 Å². The van der Waals surface area contributed by atoms with E-state index in [1.54, 1.807) is 53.2 Å². The fraction of sp³-hybridized carbons (Fsp3) is 0.0625. The van der Waals surface area contributed by atoms with Gasteiger partial charge >= 0.3 is 6.01 Å². The van der Waals surface area contributed by atoms with Crippen LogP contribution < -0.4 is 9.04 Å². The highest BCUT2D eigenvalue weighted by Crippen LogP contribution is 2.35. The summed E-state index contributed by atoms with van der Waals surface area (Å²) in [5, 5.41) is 0.601. The highest BCUT2D eigenvalue weighted by atomic mass is 35.5. The molecule has 2 aromatic heterocycles. The Kier molecular flexibility index (Phi) is 3.87. The highest BCUT2D eigenvalue weighted by Gasteiger charge is 2.30. The van der Waals surface area contributed by atoms with Crippen molar-refractivity contribution in [2.45, 2.75) is 11.4 Å². The van der Waals surface area contributed by atoms with Crippen LogP contribution >= 0.6 is 11.6 Å². The van der Waals surface area contributed by atoms with Crippen LogP contribution in [0.5, 0.6) is 11.8 Å². The standard InChI is InChI=1S/C16H11ClN4O2S/c17-13-4-1-5-14-12(13)10-21(24(14)22)15-6-8-19-16(20-15)23-11-3-2-7-18-9-11/h1-9H,10H2. The normalized spacial score (nSPS) is 16.0. The maximum Gasteiger partial charge on any atom is 0.323 e. The number of fused-ring (bicyclic) bond motifs is 1. The molecular formula is C16H11ClN4O2S. The predicted octanol–water partition coefficient (Wildman–Crippen LogP) is 3.36. The Morgan fingerprint density at radius 3 is 2.88 bits per heavy atom. The number of rotatable bonds is 3. The molecular weight excluding hydrogens is 348 g/mol. The Morgan fingerprint density at radius 2 is 2.08 bits per heavy atom. The molecule has 0 N–H and O–H groups in total. The number of benzene rings is 1. The predicted molar refractivity (Wildman–Crippen MR) is 90.4 cm³/mol. The first-order valence-electron chi connectivity index (χ1n) is 7.10. The average molecular weight is 359 g/mol. The third-order valence-corrected chi connectivity index (χ3v) is 5.31. The molecule has 6 nitrogen and oxygen atoms in total. The smallest absolute Gasteiger partial charge is 0.323 e. The maximum absolute atomic E-state index is 12.7. The molecule has 0 saturated heterocycles. The summed E-state index contributed by atoms with van der Waals surface area (Å²) >= 11 is 6.20. The van der Waals surface area contributed by atoms with E-state index < -0.39 is 11.0 Å². The van der Waals surface area contributed by atoms with Gasteiger partial charge in [0.1, 0.15) is 11.6 Å². The van der Waals surface area contributed by atoms with E-state index in [-0.39, 0.29) is 6.01 Å². The van der Waals surface area contributed by atoms with Crippen molar-refractivity contribution >= 4 is 28.4 Å². The minimum Gasteiger partial charge on any atom is -0.423 e. The van der Waals surface area contributed by atoms with Crippen molar-refractivity contribution in [2.24, 2.45) is 0 Å². The molecule has 1 atom stereocenters. The zero-order valence-electron chi connectivity index (χ0n) is 12.3. The summed E-state index contributed by atoms with van der Waals surface area (Å²) in [5.74, 6) is 1.04. The third kappa shape index (κ3) is 2.72. The summed E-state index contributed by atoms with van der Waals surface area (Å²) in [7, 11) is -1.36. The first-order chi connectivity index (χ1) is 11.7. The Balaban J connectivity index is 1.63. The molecule has 0 amide bonds. The number of pyridine rings is 1. The molecule has 0 radical (unpaired) electrons. The van der Waals surface area contributed by atoms with Crippen LogP contribution in [0, 0.1) is 0 Å². The molecule has 1 unspecified atom stereocenters. The van der Waals surface area contributed by atoms with Crippen molar-refractivity contribution in [1.29, 1.82) is 0 Å². The number of halogens is 1. The van der Waals surface area contributed by atoms with Crippen molar-refractivity contribution in [3.63, 3.8) is 0 Å². The van der Waals surface area contributed by atoms with E-state index >= 15 is 0 Å². The van der Waals surface area contributed by atoms with Gasteiger partial charge in [-0.3, -0.25) is 9.29 Å². The van der Waals surface area contributed by atoms with Crippen molar-refractivity contribution in [3.05, 3.63) is 65.6 Å². The SMILES string of the molecule is O=S1c2cccc(Cl)c2CN1c1ccnc(Oc2cccnc2)n1. The largest absolute Gasteiger partial charge is 0.423 e. The van der Waals surface area contributed by atoms with Gasteiger partial charge in [-0.05, 0) is 24.3 Å². The van der Waals surface area contributed by atoms with E-state index in [0.29, 0.717) is 28.0 Å². The van der Waals surface area contributed by atoms with Gasteiger partial charge in [-0.1, -0.05) is 17.7 Å². The lowest BCUT2D eigenvalue weighted by Gasteiger charge is -2.15. The zero-order valence-corrected chi connectivity index (χ0v) is 13.9. The van der Waals surface area contributed by atoms with Crippen molar-refractivity contribution < 1.29 is 8.95 Å². The molecule has 8 heteroatoms. The molecule has 1 aliphatic heterocycles. The van der Waals surface area contributed by atoms with Gasteiger partial charge in [0.15, 0.2) is 11.0 Å². The molecule has 3 heterocycles.